The van der Waals surface area contributed by atoms with Gasteiger partial charge >= 0.3 is 0 Å². The molecule has 2 heteroatoms. The fourth-order valence-corrected chi connectivity index (χ4v) is 2.80. The van der Waals surface area contributed by atoms with E-state index in [9.17, 15) is 0 Å². The van der Waals surface area contributed by atoms with Gasteiger partial charge in [-0.05, 0) is 63.9 Å². The molecule has 0 radical (unpaired) electrons. The third kappa shape index (κ3) is 3.74. The molecule has 1 heterocycles. The number of rotatable bonds is 6. The van der Waals surface area contributed by atoms with E-state index >= 15 is 0 Å². The molecule has 0 spiro atoms. The van der Waals surface area contributed by atoms with Crippen LogP contribution in [-0.2, 0) is 0 Å². The Balaban J connectivity index is 1.68. The average Bonchev–Trinajstić information content (AvgIpc) is 2.88. The predicted octanol–water partition coefficient (Wildman–Crippen LogP) is 3.31. The first kappa shape index (κ1) is 13.4. The van der Waals surface area contributed by atoms with Gasteiger partial charge in [-0.25, -0.2) is 0 Å². The fourth-order valence-electron chi connectivity index (χ4n) is 2.80. The number of anilines is 1. The van der Waals surface area contributed by atoms with Gasteiger partial charge in [-0.1, -0.05) is 18.2 Å². The maximum atomic E-state index is 2.60. The fraction of sp³-hybridized carbons (Fsp3) is 0.625. The summed E-state index contributed by atoms with van der Waals surface area (Å²) in [6, 6.07) is 8.65. The van der Waals surface area contributed by atoms with Crippen molar-refractivity contribution in [3.63, 3.8) is 0 Å². The number of benzene rings is 1. The summed E-state index contributed by atoms with van der Waals surface area (Å²) in [7, 11) is 2.21. The van der Waals surface area contributed by atoms with Crippen LogP contribution in [0.4, 0.5) is 5.69 Å². The van der Waals surface area contributed by atoms with Gasteiger partial charge in [0, 0.05) is 19.3 Å². The Morgan fingerprint density at radius 2 is 1.83 bits per heavy atom. The van der Waals surface area contributed by atoms with Crippen LogP contribution in [0.1, 0.15) is 31.2 Å². The van der Waals surface area contributed by atoms with Gasteiger partial charge < -0.3 is 9.80 Å². The molecule has 2 rings (SSSR count). The standard InChI is InChI=1S/C16H26N2/c1-15-9-3-4-10-16(15)17(2)11-5-6-12-18-13-7-8-14-18/h3-4,9-10H,5-8,11-14H2,1-2H3. The van der Waals surface area contributed by atoms with E-state index in [1.807, 2.05) is 0 Å². The summed E-state index contributed by atoms with van der Waals surface area (Å²) in [5, 5.41) is 0. The number of hydrogen-bond acceptors (Lipinski definition) is 2. The van der Waals surface area contributed by atoms with Crippen LogP contribution in [0.3, 0.4) is 0 Å². The first-order valence-electron chi connectivity index (χ1n) is 7.26. The zero-order chi connectivity index (χ0) is 12.8. The van der Waals surface area contributed by atoms with Crippen molar-refractivity contribution >= 4 is 5.69 Å². The lowest BCUT2D eigenvalue weighted by atomic mass is 10.2. The lowest BCUT2D eigenvalue weighted by molar-refractivity contribution is 0.331. The summed E-state index contributed by atoms with van der Waals surface area (Å²) < 4.78 is 0. The van der Waals surface area contributed by atoms with Gasteiger partial charge in [0.15, 0.2) is 0 Å². The topological polar surface area (TPSA) is 6.48 Å². The van der Waals surface area contributed by atoms with E-state index < -0.39 is 0 Å². The molecule has 1 aliphatic heterocycles. The molecule has 0 aromatic heterocycles. The highest BCUT2D eigenvalue weighted by Gasteiger charge is 2.10. The first-order chi connectivity index (χ1) is 8.77. The van der Waals surface area contributed by atoms with E-state index in [0.717, 1.165) is 0 Å². The molecule has 18 heavy (non-hydrogen) atoms. The quantitative estimate of drug-likeness (QED) is 0.711. The molecule has 0 amide bonds. The maximum Gasteiger partial charge on any atom is 0.0393 e. The van der Waals surface area contributed by atoms with E-state index in [1.165, 1.54) is 63.1 Å². The van der Waals surface area contributed by atoms with E-state index in [1.54, 1.807) is 0 Å². The molecule has 100 valence electrons. The summed E-state index contributed by atoms with van der Waals surface area (Å²) in [6.07, 6.45) is 5.43. The lowest BCUT2D eigenvalue weighted by Crippen LogP contribution is -2.23. The average molecular weight is 246 g/mol. The van der Waals surface area contributed by atoms with Crippen molar-refractivity contribution in [2.24, 2.45) is 0 Å². The third-order valence-electron chi connectivity index (χ3n) is 3.94. The lowest BCUT2D eigenvalue weighted by Gasteiger charge is -2.22. The summed E-state index contributed by atoms with van der Waals surface area (Å²) in [4.78, 5) is 4.99. The van der Waals surface area contributed by atoms with Crippen LogP contribution in [0, 0.1) is 6.92 Å². The van der Waals surface area contributed by atoms with Crippen LogP contribution in [0.5, 0.6) is 0 Å². The Kier molecular flexibility index (Phi) is 5.06. The van der Waals surface area contributed by atoms with E-state index in [-0.39, 0.29) is 0 Å². The van der Waals surface area contributed by atoms with Gasteiger partial charge in [0.05, 0.1) is 0 Å². The van der Waals surface area contributed by atoms with Crippen molar-refractivity contribution in [2.45, 2.75) is 32.6 Å². The molecular formula is C16H26N2. The molecule has 1 fully saturated rings. The van der Waals surface area contributed by atoms with Crippen molar-refractivity contribution in [2.75, 3.05) is 38.1 Å². The molecule has 1 aromatic carbocycles. The van der Waals surface area contributed by atoms with Crippen LogP contribution in [0.25, 0.3) is 0 Å². The van der Waals surface area contributed by atoms with E-state index in [0.29, 0.717) is 0 Å². The van der Waals surface area contributed by atoms with Crippen molar-refractivity contribution in [3.8, 4) is 0 Å². The molecule has 1 aromatic rings. The molecule has 0 aliphatic carbocycles. The van der Waals surface area contributed by atoms with Crippen LogP contribution in [-0.4, -0.2) is 38.1 Å². The second-order valence-electron chi connectivity index (χ2n) is 5.46. The molecule has 0 N–H and O–H groups in total. The van der Waals surface area contributed by atoms with E-state index in [4.69, 9.17) is 0 Å². The van der Waals surface area contributed by atoms with Crippen molar-refractivity contribution in [1.82, 2.24) is 4.90 Å². The number of hydrogen-bond donors (Lipinski definition) is 0. The van der Waals surface area contributed by atoms with Crippen LogP contribution < -0.4 is 4.90 Å². The van der Waals surface area contributed by atoms with Gasteiger partial charge in [0.25, 0.3) is 0 Å². The molecule has 1 aliphatic rings. The number of para-hydroxylation sites is 1. The largest absolute Gasteiger partial charge is 0.374 e. The molecule has 0 atom stereocenters. The molecule has 0 saturated carbocycles. The Bertz CT molecular complexity index is 356. The molecule has 0 bridgehead atoms. The second kappa shape index (κ2) is 6.79. The zero-order valence-corrected chi connectivity index (χ0v) is 11.9. The molecule has 2 nitrogen and oxygen atoms in total. The highest BCUT2D eigenvalue weighted by Crippen LogP contribution is 2.18. The summed E-state index contributed by atoms with van der Waals surface area (Å²) in [5.41, 5.74) is 2.75. The van der Waals surface area contributed by atoms with Gasteiger partial charge in [-0.3, -0.25) is 0 Å². The number of likely N-dealkylation sites (tertiary alicyclic amines) is 1. The molecular weight excluding hydrogens is 220 g/mol. The number of unbranched alkanes of at least 4 members (excludes halogenated alkanes) is 1. The summed E-state index contributed by atoms with van der Waals surface area (Å²) in [6.45, 7) is 7.30. The molecule has 0 unspecified atom stereocenters. The monoisotopic (exact) mass is 246 g/mol. The minimum atomic E-state index is 1.17. The zero-order valence-electron chi connectivity index (χ0n) is 11.9. The molecule has 1 saturated heterocycles. The number of aryl methyl sites for hydroxylation is 1. The smallest absolute Gasteiger partial charge is 0.0393 e. The highest BCUT2D eigenvalue weighted by atomic mass is 15.1. The van der Waals surface area contributed by atoms with Gasteiger partial charge in [0.1, 0.15) is 0 Å². The first-order valence-corrected chi connectivity index (χ1v) is 7.26. The van der Waals surface area contributed by atoms with Gasteiger partial charge in [-0.15, -0.1) is 0 Å². The Labute approximate surface area is 112 Å². The SMILES string of the molecule is Cc1ccccc1N(C)CCCCN1CCCC1. The van der Waals surface area contributed by atoms with Crippen molar-refractivity contribution in [3.05, 3.63) is 29.8 Å². The minimum absolute atomic E-state index is 1.17. The van der Waals surface area contributed by atoms with Crippen molar-refractivity contribution < 1.29 is 0 Å². The van der Waals surface area contributed by atoms with Crippen molar-refractivity contribution in [1.29, 1.82) is 0 Å². The van der Waals surface area contributed by atoms with Gasteiger partial charge in [-0.2, -0.15) is 0 Å². The Hall–Kier alpha value is -1.02. The summed E-state index contributed by atoms with van der Waals surface area (Å²) >= 11 is 0. The highest BCUT2D eigenvalue weighted by molar-refractivity contribution is 5.52. The normalized spacial score (nSPS) is 16.1. The Morgan fingerprint density at radius 1 is 1.11 bits per heavy atom. The van der Waals surface area contributed by atoms with E-state index in [2.05, 4.69) is 48.0 Å². The minimum Gasteiger partial charge on any atom is -0.374 e. The summed E-state index contributed by atoms with van der Waals surface area (Å²) in [5.74, 6) is 0. The number of nitrogens with zero attached hydrogens (tertiary/aromatic N) is 2. The predicted molar refractivity (Wildman–Crippen MR) is 79.4 cm³/mol. The maximum absolute atomic E-state index is 2.60. The van der Waals surface area contributed by atoms with Gasteiger partial charge in [0.2, 0.25) is 0 Å². The van der Waals surface area contributed by atoms with Crippen LogP contribution in [0.2, 0.25) is 0 Å². The third-order valence-corrected chi connectivity index (χ3v) is 3.94. The van der Waals surface area contributed by atoms with Crippen LogP contribution >= 0.6 is 0 Å². The Morgan fingerprint density at radius 3 is 2.56 bits per heavy atom. The second-order valence-corrected chi connectivity index (χ2v) is 5.46. The van der Waals surface area contributed by atoms with Crippen LogP contribution in [0.15, 0.2) is 24.3 Å².